The Balaban J connectivity index is 1.33. The number of rotatable bonds is 4. The molecular formula is C18H16ClN3O2. The number of ether oxygens (including phenoxy) is 1. The lowest BCUT2D eigenvalue weighted by Crippen LogP contribution is -2.49. The van der Waals surface area contributed by atoms with Gasteiger partial charge in [0.15, 0.2) is 0 Å². The number of halogens is 1. The Morgan fingerprint density at radius 2 is 2.00 bits per heavy atom. The molecule has 0 unspecified atom stereocenters. The fourth-order valence-electron chi connectivity index (χ4n) is 2.85. The molecule has 1 aliphatic carbocycles. The standard InChI is InChI=1S/C18H16ClN3O2/c19-12-4-6-14(7-5-12)24-15-9-13(10-15)21-18(23)16-11-20-17-3-1-2-8-22(16)17/h1-8,11,13,15H,9-10H2,(H,21,23). The Bertz CT molecular complexity index is 869. The first kappa shape index (κ1) is 15.0. The lowest BCUT2D eigenvalue weighted by atomic mass is 9.89. The minimum Gasteiger partial charge on any atom is -0.490 e. The number of hydrogen-bond donors (Lipinski definition) is 1. The predicted octanol–water partition coefficient (Wildman–Crippen LogP) is 3.33. The molecule has 0 radical (unpaired) electrons. The molecule has 1 aliphatic rings. The van der Waals surface area contributed by atoms with Crippen molar-refractivity contribution in [2.24, 2.45) is 0 Å². The van der Waals surface area contributed by atoms with Crippen LogP contribution in [-0.4, -0.2) is 27.4 Å². The number of amides is 1. The van der Waals surface area contributed by atoms with Gasteiger partial charge in [-0.2, -0.15) is 0 Å². The molecule has 5 nitrogen and oxygen atoms in total. The maximum absolute atomic E-state index is 12.4. The maximum atomic E-state index is 12.4. The number of carbonyl (C=O) groups excluding carboxylic acids is 1. The highest BCUT2D eigenvalue weighted by atomic mass is 35.5. The molecule has 0 atom stereocenters. The van der Waals surface area contributed by atoms with E-state index >= 15 is 0 Å². The number of imidazole rings is 1. The molecule has 1 fully saturated rings. The van der Waals surface area contributed by atoms with Crippen molar-refractivity contribution in [1.82, 2.24) is 14.7 Å². The van der Waals surface area contributed by atoms with Gasteiger partial charge in [0.25, 0.3) is 5.91 Å². The Hall–Kier alpha value is -2.53. The third-order valence-corrected chi connectivity index (χ3v) is 4.45. The average Bonchev–Trinajstić information content (AvgIpc) is 2.99. The molecule has 0 aliphatic heterocycles. The monoisotopic (exact) mass is 341 g/mol. The molecule has 2 aromatic heterocycles. The third-order valence-electron chi connectivity index (χ3n) is 4.20. The van der Waals surface area contributed by atoms with E-state index in [-0.39, 0.29) is 18.1 Å². The summed E-state index contributed by atoms with van der Waals surface area (Å²) in [7, 11) is 0. The highest BCUT2D eigenvalue weighted by molar-refractivity contribution is 6.30. The van der Waals surface area contributed by atoms with E-state index in [0.717, 1.165) is 24.2 Å². The van der Waals surface area contributed by atoms with Crippen LogP contribution in [0.1, 0.15) is 23.3 Å². The number of aromatic nitrogens is 2. The molecular weight excluding hydrogens is 326 g/mol. The highest BCUT2D eigenvalue weighted by Gasteiger charge is 2.32. The average molecular weight is 342 g/mol. The minimum atomic E-state index is -0.108. The van der Waals surface area contributed by atoms with E-state index in [0.29, 0.717) is 10.7 Å². The van der Waals surface area contributed by atoms with E-state index in [4.69, 9.17) is 16.3 Å². The van der Waals surface area contributed by atoms with E-state index in [9.17, 15) is 4.79 Å². The first-order chi connectivity index (χ1) is 11.7. The zero-order chi connectivity index (χ0) is 16.5. The van der Waals surface area contributed by atoms with Gasteiger partial charge in [0.05, 0.1) is 6.20 Å². The smallest absolute Gasteiger partial charge is 0.270 e. The lowest BCUT2D eigenvalue weighted by Gasteiger charge is -2.35. The van der Waals surface area contributed by atoms with Crippen LogP contribution in [-0.2, 0) is 0 Å². The summed E-state index contributed by atoms with van der Waals surface area (Å²) in [5, 5.41) is 3.72. The Morgan fingerprint density at radius 1 is 1.21 bits per heavy atom. The molecule has 4 rings (SSSR count). The molecule has 0 saturated heterocycles. The van der Waals surface area contributed by atoms with Gasteiger partial charge in [-0.15, -0.1) is 0 Å². The molecule has 1 amide bonds. The van der Waals surface area contributed by atoms with Gasteiger partial charge in [0.1, 0.15) is 23.2 Å². The topological polar surface area (TPSA) is 55.6 Å². The number of pyridine rings is 1. The number of fused-ring (bicyclic) bond motifs is 1. The van der Waals surface area contributed by atoms with E-state index in [1.807, 2.05) is 36.5 Å². The maximum Gasteiger partial charge on any atom is 0.270 e. The number of carbonyl (C=O) groups is 1. The Labute approximate surface area is 144 Å². The lowest BCUT2D eigenvalue weighted by molar-refractivity contribution is 0.0697. The SMILES string of the molecule is O=C(NC1CC(Oc2ccc(Cl)cc2)C1)c1cnc2ccccn12. The van der Waals surface area contributed by atoms with Crippen molar-refractivity contribution in [2.75, 3.05) is 0 Å². The van der Waals surface area contributed by atoms with Crippen LogP contribution < -0.4 is 10.1 Å². The fourth-order valence-corrected chi connectivity index (χ4v) is 2.97. The predicted molar refractivity (Wildman–Crippen MR) is 91.5 cm³/mol. The van der Waals surface area contributed by atoms with E-state index in [1.54, 1.807) is 22.7 Å². The van der Waals surface area contributed by atoms with E-state index in [1.165, 1.54) is 0 Å². The van der Waals surface area contributed by atoms with Gasteiger partial charge in [-0.05, 0) is 36.4 Å². The quantitative estimate of drug-likeness (QED) is 0.792. The zero-order valence-electron chi connectivity index (χ0n) is 12.9. The van der Waals surface area contributed by atoms with Crippen LogP contribution in [0.4, 0.5) is 0 Å². The summed E-state index contributed by atoms with van der Waals surface area (Å²) in [6, 6.07) is 13.1. The molecule has 0 bridgehead atoms. The van der Waals surface area contributed by atoms with Crippen LogP contribution >= 0.6 is 11.6 Å². The second-order valence-electron chi connectivity index (χ2n) is 5.91. The summed E-state index contributed by atoms with van der Waals surface area (Å²) in [5.41, 5.74) is 1.31. The Kier molecular flexibility index (Phi) is 3.86. The van der Waals surface area contributed by atoms with E-state index < -0.39 is 0 Å². The second-order valence-corrected chi connectivity index (χ2v) is 6.34. The van der Waals surface area contributed by atoms with Crippen molar-refractivity contribution < 1.29 is 9.53 Å². The normalized spacial score (nSPS) is 19.7. The van der Waals surface area contributed by atoms with Crippen molar-refractivity contribution in [3.05, 3.63) is 65.6 Å². The number of nitrogens with one attached hydrogen (secondary N) is 1. The largest absolute Gasteiger partial charge is 0.490 e. The first-order valence-corrected chi connectivity index (χ1v) is 8.22. The van der Waals surface area contributed by atoms with Gasteiger partial charge in [0.2, 0.25) is 0 Å². The summed E-state index contributed by atoms with van der Waals surface area (Å²) in [4.78, 5) is 16.6. The van der Waals surface area contributed by atoms with Crippen LogP contribution in [0.15, 0.2) is 54.9 Å². The second kappa shape index (κ2) is 6.17. The number of nitrogens with zero attached hydrogens (tertiary/aromatic N) is 2. The Morgan fingerprint density at radius 3 is 2.79 bits per heavy atom. The molecule has 0 spiro atoms. The van der Waals surface area contributed by atoms with Crippen LogP contribution in [0.2, 0.25) is 5.02 Å². The summed E-state index contributed by atoms with van der Waals surface area (Å²) in [6.45, 7) is 0. The van der Waals surface area contributed by atoms with Gasteiger partial charge >= 0.3 is 0 Å². The first-order valence-electron chi connectivity index (χ1n) is 7.84. The van der Waals surface area contributed by atoms with Crippen LogP contribution in [0.3, 0.4) is 0 Å². The minimum absolute atomic E-state index is 0.108. The summed E-state index contributed by atoms with van der Waals surface area (Å²) in [5.74, 6) is 0.694. The van der Waals surface area contributed by atoms with Crippen molar-refractivity contribution in [3.63, 3.8) is 0 Å². The third kappa shape index (κ3) is 2.95. The van der Waals surface area contributed by atoms with Crippen molar-refractivity contribution in [1.29, 1.82) is 0 Å². The van der Waals surface area contributed by atoms with Gasteiger partial charge < -0.3 is 10.1 Å². The number of hydrogen-bond acceptors (Lipinski definition) is 3. The molecule has 24 heavy (non-hydrogen) atoms. The molecule has 3 aromatic rings. The van der Waals surface area contributed by atoms with Gasteiger partial charge in [-0.3, -0.25) is 9.20 Å². The van der Waals surface area contributed by atoms with Gasteiger partial charge in [-0.1, -0.05) is 17.7 Å². The molecule has 2 heterocycles. The summed E-state index contributed by atoms with van der Waals surface area (Å²) < 4.78 is 7.64. The molecule has 6 heteroatoms. The summed E-state index contributed by atoms with van der Waals surface area (Å²) >= 11 is 5.86. The van der Waals surface area contributed by atoms with Crippen molar-refractivity contribution in [3.8, 4) is 5.75 Å². The molecule has 122 valence electrons. The van der Waals surface area contributed by atoms with Crippen molar-refractivity contribution >= 4 is 23.2 Å². The van der Waals surface area contributed by atoms with Crippen molar-refractivity contribution in [2.45, 2.75) is 25.0 Å². The van der Waals surface area contributed by atoms with Crippen LogP contribution in [0, 0.1) is 0 Å². The molecule has 1 saturated carbocycles. The zero-order valence-corrected chi connectivity index (χ0v) is 13.6. The highest BCUT2D eigenvalue weighted by Crippen LogP contribution is 2.27. The van der Waals surface area contributed by atoms with Crippen LogP contribution in [0.25, 0.3) is 5.65 Å². The van der Waals surface area contributed by atoms with E-state index in [2.05, 4.69) is 10.3 Å². The van der Waals surface area contributed by atoms with Gasteiger partial charge in [0, 0.05) is 30.1 Å². The van der Waals surface area contributed by atoms with Crippen LogP contribution in [0.5, 0.6) is 5.75 Å². The van der Waals surface area contributed by atoms with Gasteiger partial charge in [-0.25, -0.2) is 4.98 Å². The number of benzene rings is 1. The molecule has 1 N–H and O–H groups in total. The fraction of sp³-hybridized carbons (Fsp3) is 0.222. The molecule has 1 aromatic carbocycles. The summed E-state index contributed by atoms with van der Waals surface area (Å²) in [6.07, 6.45) is 5.16.